The number of hydrogen-bond donors (Lipinski definition) is 2. The first-order valence-electron chi connectivity index (χ1n) is 3.16. The van der Waals surface area contributed by atoms with E-state index in [1.807, 2.05) is 6.92 Å². The maximum absolute atomic E-state index is 9.92. The van der Waals surface area contributed by atoms with Crippen LogP contribution in [0.3, 0.4) is 0 Å². The largest absolute Gasteiger partial charge is 0.465 e. The maximum Gasteiger partial charge on any atom is 0.404 e. The molecule has 0 spiro atoms. The van der Waals surface area contributed by atoms with Crippen LogP contribution in [0.25, 0.3) is 0 Å². The highest BCUT2D eigenvalue weighted by molar-refractivity contribution is 5.64. The summed E-state index contributed by atoms with van der Waals surface area (Å²) < 4.78 is 4.90. The van der Waals surface area contributed by atoms with E-state index in [0.717, 1.165) is 0 Å². The molecule has 1 atom stereocenters. The molecule has 0 unspecified atom stereocenters. The lowest BCUT2D eigenvalue weighted by atomic mass is 10.3. The Kier molecular flexibility index (Phi) is 4.66. The SMILES string of the molecule is CO[C@@H](C)CCNC(=O)O. The van der Waals surface area contributed by atoms with Crippen LogP contribution >= 0.6 is 0 Å². The van der Waals surface area contributed by atoms with Crippen molar-refractivity contribution in [2.75, 3.05) is 13.7 Å². The molecule has 0 bridgehead atoms. The van der Waals surface area contributed by atoms with Gasteiger partial charge in [0.05, 0.1) is 6.10 Å². The van der Waals surface area contributed by atoms with Crippen LogP contribution in [0.1, 0.15) is 13.3 Å². The van der Waals surface area contributed by atoms with Gasteiger partial charge in [0.2, 0.25) is 0 Å². The molecule has 10 heavy (non-hydrogen) atoms. The summed E-state index contributed by atoms with van der Waals surface area (Å²) in [5.74, 6) is 0. The summed E-state index contributed by atoms with van der Waals surface area (Å²) in [4.78, 5) is 9.92. The summed E-state index contributed by atoms with van der Waals surface area (Å²) in [6, 6.07) is 0. The minimum atomic E-state index is -0.983. The first-order valence-corrected chi connectivity index (χ1v) is 3.16. The Bertz CT molecular complexity index is 105. The molecule has 0 aromatic carbocycles. The number of nitrogens with one attached hydrogen (secondary N) is 1. The lowest BCUT2D eigenvalue weighted by molar-refractivity contribution is 0.110. The van der Waals surface area contributed by atoms with E-state index in [1.54, 1.807) is 7.11 Å². The Morgan fingerprint density at radius 1 is 1.80 bits per heavy atom. The van der Waals surface area contributed by atoms with Gasteiger partial charge in [0.1, 0.15) is 0 Å². The van der Waals surface area contributed by atoms with Gasteiger partial charge in [0, 0.05) is 13.7 Å². The molecule has 0 aliphatic carbocycles. The van der Waals surface area contributed by atoms with Gasteiger partial charge < -0.3 is 15.2 Å². The Labute approximate surface area is 60.2 Å². The van der Waals surface area contributed by atoms with Crippen LogP contribution in [0.15, 0.2) is 0 Å². The lowest BCUT2D eigenvalue weighted by Gasteiger charge is -2.07. The topological polar surface area (TPSA) is 58.6 Å². The molecule has 0 heterocycles. The van der Waals surface area contributed by atoms with Crippen molar-refractivity contribution >= 4 is 6.09 Å². The highest BCUT2D eigenvalue weighted by atomic mass is 16.5. The van der Waals surface area contributed by atoms with E-state index in [1.165, 1.54) is 0 Å². The van der Waals surface area contributed by atoms with E-state index in [4.69, 9.17) is 9.84 Å². The van der Waals surface area contributed by atoms with Gasteiger partial charge in [-0.2, -0.15) is 0 Å². The number of amides is 1. The smallest absolute Gasteiger partial charge is 0.404 e. The maximum atomic E-state index is 9.92. The van der Waals surface area contributed by atoms with E-state index in [2.05, 4.69) is 5.32 Å². The quantitative estimate of drug-likeness (QED) is 0.614. The zero-order chi connectivity index (χ0) is 7.98. The van der Waals surface area contributed by atoms with E-state index < -0.39 is 6.09 Å². The first kappa shape index (κ1) is 9.23. The number of hydrogen-bond acceptors (Lipinski definition) is 2. The van der Waals surface area contributed by atoms with Crippen LogP contribution in [0, 0.1) is 0 Å². The standard InChI is InChI=1S/C6H13NO3/c1-5(10-2)3-4-7-6(8)9/h5,7H,3-4H2,1-2H3,(H,8,9)/t5-/m0/s1. The second kappa shape index (κ2) is 5.05. The summed E-state index contributed by atoms with van der Waals surface area (Å²) in [6.45, 7) is 2.34. The molecule has 2 N–H and O–H groups in total. The highest BCUT2D eigenvalue weighted by Crippen LogP contribution is 1.91. The van der Waals surface area contributed by atoms with E-state index >= 15 is 0 Å². The molecular weight excluding hydrogens is 134 g/mol. The average Bonchev–Trinajstić information content (AvgIpc) is 1.87. The predicted molar refractivity (Wildman–Crippen MR) is 37.1 cm³/mol. The van der Waals surface area contributed by atoms with Gasteiger partial charge in [-0.15, -0.1) is 0 Å². The third-order valence-corrected chi connectivity index (χ3v) is 1.23. The molecule has 0 aliphatic heterocycles. The van der Waals surface area contributed by atoms with Crippen LogP contribution in [0.2, 0.25) is 0 Å². The fourth-order valence-corrected chi connectivity index (χ4v) is 0.500. The fraction of sp³-hybridized carbons (Fsp3) is 0.833. The molecule has 1 amide bonds. The first-order chi connectivity index (χ1) is 4.66. The third kappa shape index (κ3) is 5.37. The second-order valence-electron chi connectivity index (χ2n) is 2.07. The van der Waals surface area contributed by atoms with Gasteiger partial charge in [-0.3, -0.25) is 0 Å². The predicted octanol–water partition coefficient (Wildman–Crippen LogP) is 0.679. The minimum Gasteiger partial charge on any atom is -0.465 e. The van der Waals surface area contributed by atoms with Crippen molar-refractivity contribution in [2.24, 2.45) is 0 Å². The monoisotopic (exact) mass is 147 g/mol. The third-order valence-electron chi connectivity index (χ3n) is 1.23. The second-order valence-corrected chi connectivity index (χ2v) is 2.07. The number of methoxy groups -OCH3 is 1. The van der Waals surface area contributed by atoms with Crippen molar-refractivity contribution in [1.82, 2.24) is 5.32 Å². The van der Waals surface area contributed by atoms with Crippen LogP contribution in [0.5, 0.6) is 0 Å². The van der Waals surface area contributed by atoms with Crippen LogP contribution in [-0.4, -0.2) is 31.0 Å². The Morgan fingerprint density at radius 3 is 2.80 bits per heavy atom. The fourth-order valence-electron chi connectivity index (χ4n) is 0.500. The van der Waals surface area contributed by atoms with Crippen molar-refractivity contribution in [2.45, 2.75) is 19.4 Å². The molecule has 0 radical (unpaired) electrons. The van der Waals surface area contributed by atoms with Crippen LogP contribution in [-0.2, 0) is 4.74 Å². The molecule has 0 aromatic heterocycles. The van der Waals surface area contributed by atoms with Gasteiger partial charge in [-0.25, -0.2) is 4.79 Å². The number of carboxylic acid groups (broad SMARTS) is 1. The van der Waals surface area contributed by atoms with Gasteiger partial charge in [-0.1, -0.05) is 0 Å². The van der Waals surface area contributed by atoms with E-state index in [0.29, 0.717) is 13.0 Å². The van der Waals surface area contributed by atoms with Gasteiger partial charge in [0.25, 0.3) is 0 Å². The Balaban J connectivity index is 3.11. The summed E-state index contributed by atoms with van der Waals surface area (Å²) in [5, 5.41) is 10.4. The lowest BCUT2D eigenvalue weighted by Crippen LogP contribution is -2.24. The van der Waals surface area contributed by atoms with Crippen molar-refractivity contribution in [3.63, 3.8) is 0 Å². The van der Waals surface area contributed by atoms with E-state index in [-0.39, 0.29) is 6.10 Å². The summed E-state index contributed by atoms with van der Waals surface area (Å²) >= 11 is 0. The molecule has 0 saturated carbocycles. The summed E-state index contributed by atoms with van der Waals surface area (Å²) in [6.07, 6.45) is -0.154. The average molecular weight is 147 g/mol. The number of carbonyl (C=O) groups is 1. The van der Waals surface area contributed by atoms with Crippen molar-refractivity contribution in [3.05, 3.63) is 0 Å². The molecule has 0 saturated heterocycles. The van der Waals surface area contributed by atoms with Crippen molar-refractivity contribution in [3.8, 4) is 0 Å². The molecular formula is C6H13NO3. The zero-order valence-corrected chi connectivity index (χ0v) is 6.26. The molecule has 0 rings (SSSR count). The van der Waals surface area contributed by atoms with Crippen LogP contribution in [0.4, 0.5) is 4.79 Å². The molecule has 0 aromatic rings. The van der Waals surface area contributed by atoms with Crippen molar-refractivity contribution < 1.29 is 14.6 Å². The highest BCUT2D eigenvalue weighted by Gasteiger charge is 1.99. The Morgan fingerprint density at radius 2 is 2.40 bits per heavy atom. The van der Waals surface area contributed by atoms with Gasteiger partial charge >= 0.3 is 6.09 Å². The molecule has 4 heteroatoms. The van der Waals surface area contributed by atoms with Gasteiger partial charge in [0.15, 0.2) is 0 Å². The molecule has 0 fully saturated rings. The zero-order valence-electron chi connectivity index (χ0n) is 6.26. The Hall–Kier alpha value is -0.770. The van der Waals surface area contributed by atoms with Gasteiger partial charge in [-0.05, 0) is 13.3 Å². The molecule has 0 aliphatic rings. The molecule has 4 nitrogen and oxygen atoms in total. The molecule has 60 valence electrons. The normalized spacial score (nSPS) is 12.6. The van der Waals surface area contributed by atoms with E-state index in [9.17, 15) is 4.79 Å². The van der Waals surface area contributed by atoms with Crippen LogP contribution < -0.4 is 5.32 Å². The number of ether oxygens (including phenoxy) is 1. The summed E-state index contributed by atoms with van der Waals surface area (Å²) in [5.41, 5.74) is 0. The van der Waals surface area contributed by atoms with Crippen molar-refractivity contribution in [1.29, 1.82) is 0 Å². The number of rotatable bonds is 4. The summed E-state index contributed by atoms with van der Waals surface area (Å²) in [7, 11) is 1.60. The minimum absolute atomic E-state index is 0.117.